The maximum atomic E-state index is 9.61. The first-order valence-corrected chi connectivity index (χ1v) is 17.4. The highest BCUT2D eigenvalue weighted by Gasteiger charge is 2.38. The number of hydrogen-bond acceptors (Lipinski definition) is 4. The van der Waals surface area contributed by atoms with Crippen LogP contribution in [0.2, 0.25) is 0 Å². The van der Waals surface area contributed by atoms with Crippen LogP contribution in [0.1, 0.15) is 145 Å². The van der Waals surface area contributed by atoms with Gasteiger partial charge in [-0.15, -0.1) is 0 Å². The molecule has 0 aliphatic heterocycles. The number of aliphatic hydroxyl groups excluding tert-OH is 2. The minimum absolute atomic E-state index is 0.0207. The summed E-state index contributed by atoms with van der Waals surface area (Å²) >= 11 is 0. The normalized spacial score (nSPS) is 14.7. The van der Waals surface area contributed by atoms with Crippen LogP contribution < -0.4 is 9.47 Å². The number of benzene rings is 2. The fourth-order valence-electron chi connectivity index (χ4n) is 6.84. The van der Waals surface area contributed by atoms with Gasteiger partial charge in [-0.05, 0) is 97.6 Å². The first-order chi connectivity index (χ1) is 20.6. The third-order valence-corrected chi connectivity index (χ3v) is 9.17. The van der Waals surface area contributed by atoms with Crippen molar-refractivity contribution in [2.75, 3.05) is 26.4 Å². The largest absolute Gasteiger partial charge is 0.491 e. The zero-order chi connectivity index (χ0) is 30.2. The fourth-order valence-corrected chi connectivity index (χ4v) is 6.84. The number of ether oxygens (including phenoxy) is 2. The van der Waals surface area contributed by atoms with E-state index in [4.69, 9.17) is 9.47 Å². The van der Waals surface area contributed by atoms with Gasteiger partial charge in [0.2, 0.25) is 0 Å². The molecular weight excluding hydrogens is 520 g/mol. The molecule has 0 radical (unpaired) electrons. The highest BCUT2D eigenvalue weighted by atomic mass is 16.5. The second kappa shape index (κ2) is 18.6. The summed E-state index contributed by atoms with van der Waals surface area (Å²) in [5.74, 6) is 2.06. The number of aliphatic hydroxyl groups is 2. The Hall–Kier alpha value is -2.04. The van der Waals surface area contributed by atoms with E-state index in [0.29, 0.717) is 13.2 Å². The van der Waals surface area contributed by atoms with Gasteiger partial charge in [-0.25, -0.2) is 0 Å². The minimum atomic E-state index is -0.0207. The van der Waals surface area contributed by atoms with Crippen molar-refractivity contribution >= 4 is 0 Å². The molecule has 4 nitrogen and oxygen atoms in total. The number of unbranched alkanes of at least 4 members (excludes halogenated alkanes) is 4. The van der Waals surface area contributed by atoms with Gasteiger partial charge in [-0.1, -0.05) is 96.9 Å². The van der Waals surface area contributed by atoms with E-state index in [2.05, 4.69) is 52.0 Å². The second-order valence-electron chi connectivity index (χ2n) is 12.4. The molecule has 2 aromatic carbocycles. The third kappa shape index (κ3) is 8.99. The highest BCUT2D eigenvalue weighted by Crippen LogP contribution is 2.48. The van der Waals surface area contributed by atoms with Gasteiger partial charge >= 0.3 is 0 Å². The summed E-state index contributed by atoms with van der Waals surface area (Å²) < 4.78 is 12.6. The Morgan fingerprint density at radius 2 is 0.881 bits per heavy atom. The molecule has 3 rings (SSSR count). The summed E-state index contributed by atoms with van der Waals surface area (Å²) in [5.41, 5.74) is 8.18. The molecule has 236 valence electrons. The zero-order valence-electron chi connectivity index (χ0n) is 27.4. The second-order valence-corrected chi connectivity index (χ2v) is 12.4. The van der Waals surface area contributed by atoms with E-state index in [9.17, 15) is 10.2 Å². The molecule has 0 amide bonds. The Kier molecular flexibility index (Phi) is 15.2. The molecule has 0 aromatic heterocycles. The Labute approximate surface area is 257 Å². The monoisotopic (exact) mass is 580 g/mol. The molecule has 2 N–H and O–H groups in total. The first kappa shape index (κ1) is 34.5. The van der Waals surface area contributed by atoms with Crippen LogP contribution in [0.25, 0.3) is 0 Å². The molecule has 0 saturated heterocycles. The van der Waals surface area contributed by atoms with Crippen LogP contribution in [0.3, 0.4) is 0 Å². The van der Waals surface area contributed by atoms with Crippen LogP contribution in [0, 0.1) is 0 Å². The summed E-state index contributed by atoms with van der Waals surface area (Å²) in [6.45, 7) is 9.81. The van der Waals surface area contributed by atoms with E-state index >= 15 is 0 Å². The lowest BCUT2D eigenvalue weighted by molar-refractivity contribution is 0.198. The standard InChI is InChI=1S/C38H60O4/c1-5-9-16-30-26-34(27-31(17-10-6-2)36(30)41-24-22-39)38(20-14-13-15-21-38)35-28-32(18-11-7-3)37(42-25-23-40)33(29-35)19-12-8-4/h26-29,39-40H,5-25H2,1-4H3. The molecule has 1 aliphatic carbocycles. The summed E-state index contributed by atoms with van der Waals surface area (Å²) in [5, 5.41) is 19.2. The quantitative estimate of drug-likeness (QED) is 0.164. The molecule has 4 heteroatoms. The van der Waals surface area contributed by atoms with E-state index in [1.165, 1.54) is 65.5 Å². The van der Waals surface area contributed by atoms with Crippen LogP contribution in [0.4, 0.5) is 0 Å². The molecule has 1 fully saturated rings. The van der Waals surface area contributed by atoms with Gasteiger partial charge in [0, 0.05) is 5.41 Å². The lowest BCUT2D eigenvalue weighted by atomic mass is 9.64. The number of hydrogen-bond donors (Lipinski definition) is 2. The maximum absolute atomic E-state index is 9.61. The van der Waals surface area contributed by atoms with Crippen molar-refractivity contribution in [3.63, 3.8) is 0 Å². The van der Waals surface area contributed by atoms with E-state index in [1.807, 2.05) is 0 Å². The highest BCUT2D eigenvalue weighted by molar-refractivity contribution is 5.54. The van der Waals surface area contributed by atoms with Crippen molar-refractivity contribution in [2.24, 2.45) is 0 Å². The van der Waals surface area contributed by atoms with E-state index in [-0.39, 0.29) is 18.6 Å². The first-order valence-electron chi connectivity index (χ1n) is 17.4. The molecule has 42 heavy (non-hydrogen) atoms. The van der Waals surface area contributed by atoms with Crippen LogP contribution in [-0.4, -0.2) is 36.6 Å². The average molecular weight is 581 g/mol. The molecular formula is C38H60O4. The zero-order valence-corrected chi connectivity index (χ0v) is 27.4. The van der Waals surface area contributed by atoms with Gasteiger partial charge in [-0.3, -0.25) is 0 Å². The van der Waals surface area contributed by atoms with E-state index in [0.717, 1.165) is 88.5 Å². The average Bonchev–Trinajstić information content (AvgIpc) is 3.02. The predicted octanol–water partition coefficient (Wildman–Crippen LogP) is 9.05. The van der Waals surface area contributed by atoms with E-state index in [1.54, 1.807) is 0 Å². The fraction of sp³-hybridized carbons (Fsp3) is 0.684. The molecule has 1 aliphatic rings. The van der Waals surface area contributed by atoms with Crippen molar-refractivity contribution in [1.82, 2.24) is 0 Å². The lowest BCUT2D eigenvalue weighted by Crippen LogP contribution is -2.31. The summed E-state index contributed by atoms with van der Waals surface area (Å²) in [4.78, 5) is 0. The smallest absolute Gasteiger partial charge is 0.125 e. The Morgan fingerprint density at radius 3 is 1.17 bits per heavy atom. The molecule has 0 bridgehead atoms. The topological polar surface area (TPSA) is 58.9 Å². The van der Waals surface area contributed by atoms with Crippen molar-refractivity contribution < 1.29 is 19.7 Å². The van der Waals surface area contributed by atoms with Gasteiger partial charge in [0.25, 0.3) is 0 Å². The molecule has 0 unspecified atom stereocenters. The van der Waals surface area contributed by atoms with Crippen molar-refractivity contribution in [2.45, 2.75) is 142 Å². The van der Waals surface area contributed by atoms with Gasteiger partial charge < -0.3 is 19.7 Å². The number of aryl methyl sites for hydroxylation is 4. The van der Waals surface area contributed by atoms with Crippen molar-refractivity contribution in [3.05, 3.63) is 57.6 Å². The maximum Gasteiger partial charge on any atom is 0.125 e. The van der Waals surface area contributed by atoms with Crippen molar-refractivity contribution in [3.8, 4) is 11.5 Å². The number of rotatable bonds is 20. The summed E-state index contributed by atoms with van der Waals surface area (Å²) in [7, 11) is 0. The van der Waals surface area contributed by atoms with Gasteiger partial charge in [0.1, 0.15) is 24.7 Å². The predicted molar refractivity (Wildman–Crippen MR) is 176 cm³/mol. The van der Waals surface area contributed by atoms with Crippen LogP contribution >= 0.6 is 0 Å². The molecule has 2 aromatic rings. The molecule has 1 saturated carbocycles. The van der Waals surface area contributed by atoms with Gasteiger partial charge in [0.15, 0.2) is 0 Å². The Morgan fingerprint density at radius 1 is 0.548 bits per heavy atom. The van der Waals surface area contributed by atoms with Crippen LogP contribution in [0.5, 0.6) is 11.5 Å². The lowest BCUT2D eigenvalue weighted by Gasteiger charge is -2.40. The van der Waals surface area contributed by atoms with Gasteiger partial charge in [-0.2, -0.15) is 0 Å². The molecule has 0 spiro atoms. The van der Waals surface area contributed by atoms with E-state index < -0.39 is 0 Å². The van der Waals surface area contributed by atoms with Crippen LogP contribution in [0.15, 0.2) is 24.3 Å². The molecule has 0 heterocycles. The van der Waals surface area contributed by atoms with Crippen molar-refractivity contribution in [1.29, 1.82) is 0 Å². The van der Waals surface area contributed by atoms with Crippen LogP contribution in [-0.2, 0) is 31.1 Å². The minimum Gasteiger partial charge on any atom is -0.491 e. The Bertz CT molecular complexity index is 918. The third-order valence-electron chi connectivity index (χ3n) is 9.17. The SMILES string of the molecule is CCCCc1cc(C2(c3cc(CCCC)c(OCCO)c(CCCC)c3)CCCCC2)cc(CCCC)c1OCCO. The summed E-state index contributed by atoms with van der Waals surface area (Å²) in [6.07, 6.45) is 19.3. The molecule has 0 atom stereocenters. The summed E-state index contributed by atoms with van der Waals surface area (Å²) in [6, 6.07) is 9.93. The Balaban J connectivity index is 2.27. The van der Waals surface area contributed by atoms with Gasteiger partial charge in [0.05, 0.1) is 13.2 Å².